The van der Waals surface area contributed by atoms with Gasteiger partial charge in [0.15, 0.2) is 0 Å². The lowest BCUT2D eigenvalue weighted by Gasteiger charge is -2.40. The number of para-hydroxylation sites is 1. The molecule has 0 aliphatic heterocycles. The molecule has 2 atom stereocenters. The third-order valence-electron chi connectivity index (χ3n) is 4.49. The maximum absolute atomic E-state index is 10.9. The molecule has 0 aliphatic rings. The van der Waals surface area contributed by atoms with Crippen molar-refractivity contribution in [2.24, 2.45) is 0 Å². The average molecular weight is 313 g/mol. The Morgan fingerprint density at radius 3 is 2.13 bits per heavy atom. The van der Waals surface area contributed by atoms with E-state index in [1.54, 1.807) is 0 Å². The van der Waals surface area contributed by atoms with E-state index in [-0.39, 0.29) is 12.6 Å². The highest BCUT2D eigenvalue weighted by Gasteiger charge is 2.32. The molecule has 3 nitrogen and oxygen atoms in total. The van der Waals surface area contributed by atoms with E-state index >= 15 is 0 Å². The van der Waals surface area contributed by atoms with Crippen LogP contribution in [0.5, 0.6) is 0 Å². The van der Waals surface area contributed by atoms with Gasteiger partial charge in [-0.1, -0.05) is 48.5 Å². The van der Waals surface area contributed by atoms with Gasteiger partial charge in [0.05, 0.1) is 11.6 Å². The molecule has 0 bridgehead atoms. The molecule has 0 unspecified atom stereocenters. The number of nitrogens with zero attached hydrogens (tertiary/aromatic N) is 1. The Morgan fingerprint density at radius 1 is 1.00 bits per heavy atom. The quantitative estimate of drug-likeness (QED) is 0.782. The molecule has 0 fully saturated rings. The molecule has 2 aromatic rings. The lowest BCUT2D eigenvalue weighted by molar-refractivity contribution is 0.0204. The Bertz CT molecular complexity index is 569. The zero-order valence-electron chi connectivity index (χ0n) is 14.0. The minimum Gasteiger partial charge on any atom is -0.396 e. The van der Waals surface area contributed by atoms with Gasteiger partial charge in [0.25, 0.3) is 0 Å². The fourth-order valence-corrected chi connectivity index (χ4v) is 2.83. The van der Waals surface area contributed by atoms with Crippen molar-refractivity contribution >= 4 is 5.69 Å². The molecule has 0 aromatic heterocycles. The highest BCUT2D eigenvalue weighted by atomic mass is 16.3. The Morgan fingerprint density at radius 2 is 1.57 bits per heavy atom. The van der Waals surface area contributed by atoms with Gasteiger partial charge in [-0.3, -0.25) is 0 Å². The number of rotatable bonds is 8. The maximum atomic E-state index is 10.9. The fourth-order valence-electron chi connectivity index (χ4n) is 2.83. The Kier molecular flexibility index (Phi) is 6.20. The van der Waals surface area contributed by atoms with Crippen molar-refractivity contribution < 1.29 is 10.2 Å². The van der Waals surface area contributed by atoms with Crippen molar-refractivity contribution in [2.45, 2.75) is 44.9 Å². The summed E-state index contributed by atoms with van der Waals surface area (Å²) >= 11 is 0. The second kappa shape index (κ2) is 8.14. The van der Waals surface area contributed by atoms with Crippen LogP contribution in [0.1, 0.15) is 32.3 Å². The molecular formula is C20H27NO2. The minimum absolute atomic E-state index is 0.0725. The van der Waals surface area contributed by atoms with Crippen LogP contribution in [0, 0.1) is 0 Å². The summed E-state index contributed by atoms with van der Waals surface area (Å²) in [6.07, 6.45) is 1.17. The van der Waals surface area contributed by atoms with Gasteiger partial charge in [-0.05, 0) is 44.4 Å². The first-order chi connectivity index (χ1) is 11.0. The van der Waals surface area contributed by atoms with Crippen molar-refractivity contribution in [3.8, 4) is 0 Å². The predicted molar refractivity (Wildman–Crippen MR) is 95.5 cm³/mol. The van der Waals surface area contributed by atoms with E-state index in [1.165, 1.54) is 5.56 Å². The van der Waals surface area contributed by atoms with Gasteiger partial charge in [0, 0.05) is 18.8 Å². The number of aliphatic hydroxyl groups excluding tert-OH is 1. The smallest absolute Gasteiger partial charge is 0.0820 e. The van der Waals surface area contributed by atoms with Crippen LogP contribution in [-0.2, 0) is 6.54 Å². The van der Waals surface area contributed by atoms with Gasteiger partial charge in [0.2, 0.25) is 0 Å². The summed E-state index contributed by atoms with van der Waals surface area (Å²) in [6.45, 7) is 4.75. The third-order valence-corrected chi connectivity index (χ3v) is 4.49. The monoisotopic (exact) mass is 313 g/mol. The molecule has 0 amide bonds. The highest BCUT2D eigenvalue weighted by Crippen LogP contribution is 2.28. The summed E-state index contributed by atoms with van der Waals surface area (Å²) in [4.78, 5) is 2.23. The molecule has 3 heteroatoms. The average Bonchev–Trinajstić information content (AvgIpc) is 2.59. The van der Waals surface area contributed by atoms with Crippen LogP contribution >= 0.6 is 0 Å². The van der Waals surface area contributed by atoms with Gasteiger partial charge in [-0.2, -0.15) is 0 Å². The number of benzene rings is 2. The van der Waals surface area contributed by atoms with E-state index in [4.69, 9.17) is 5.11 Å². The van der Waals surface area contributed by atoms with Crippen LogP contribution in [0.15, 0.2) is 60.7 Å². The summed E-state index contributed by atoms with van der Waals surface area (Å²) in [6, 6.07) is 20.4. The second-order valence-corrected chi connectivity index (χ2v) is 6.31. The molecule has 0 saturated heterocycles. The standard InChI is InChI=1S/C20H27NO2/c1-17(20(2,23)14-9-15-22)21(19-12-7-4-8-13-19)16-18-10-5-3-6-11-18/h3-8,10-13,17,22-23H,9,14-16H2,1-2H3/t17-,20+/m1/s1. The van der Waals surface area contributed by atoms with Crippen LogP contribution in [-0.4, -0.2) is 28.5 Å². The summed E-state index contributed by atoms with van der Waals surface area (Å²) in [5.74, 6) is 0. The van der Waals surface area contributed by atoms with E-state index in [2.05, 4.69) is 29.2 Å². The lowest BCUT2D eigenvalue weighted by atomic mass is 9.90. The molecule has 0 saturated carbocycles. The molecule has 0 aliphatic carbocycles. The number of hydrogen-bond donors (Lipinski definition) is 2. The lowest BCUT2D eigenvalue weighted by Crippen LogP contribution is -2.49. The summed E-state index contributed by atoms with van der Waals surface area (Å²) < 4.78 is 0. The van der Waals surface area contributed by atoms with Gasteiger partial charge < -0.3 is 15.1 Å². The first-order valence-electron chi connectivity index (χ1n) is 8.23. The zero-order valence-corrected chi connectivity index (χ0v) is 14.0. The van der Waals surface area contributed by atoms with E-state index in [0.717, 1.165) is 12.2 Å². The van der Waals surface area contributed by atoms with Crippen LogP contribution < -0.4 is 4.90 Å². The van der Waals surface area contributed by atoms with E-state index in [1.807, 2.05) is 50.2 Å². The molecule has 124 valence electrons. The third kappa shape index (κ3) is 4.81. The first-order valence-corrected chi connectivity index (χ1v) is 8.23. The van der Waals surface area contributed by atoms with Crippen LogP contribution in [0.25, 0.3) is 0 Å². The van der Waals surface area contributed by atoms with Gasteiger partial charge in [-0.25, -0.2) is 0 Å². The second-order valence-electron chi connectivity index (χ2n) is 6.31. The molecule has 0 spiro atoms. The van der Waals surface area contributed by atoms with Gasteiger partial charge in [-0.15, -0.1) is 0 Å². The predicted octanol–water partition coefficient (Wildman–Crippen LogP) is 3.61. The molecular weight excluding hydrogens is 286 g/mol. The highest BCUT2D eigenvalue weighted by molar-refractivity contribution is 5.48. The zero-order chi connectivity index (χ0) is 16.7. The summed E-state index contributed by atoms with van der Waals surface area (Å²) in [5, 5.41) is 19.9. The van der Waals surface area contributed by atoms with Crippen LogP contribution in [0.3, 0.4) is 0 Å². The number of anilines is 1. The Balaban J connectivity index is 2.26. The van der Waals surface area contributed by atoms with Crippen molar-refractivity contribution in [2.75, 3.05) is 11.5 Å². The number of hydrogen-bond acceptors (Lipinski definition) is 3. The fraction of sp³-hybridized carbons (Fsp3) is 0.400. The molecule has 2 aromatic carbocycles. The normalized spacial score (nSPS) is 15.0. The van der Waals surface area contributed by atoms with Crippen molar-refractivity contribution in [3.63, 3.8) is 0 Å². The van der Waals surface area contributed by atoms with Gasteiger partial charge >= 0.3 is 0 Å². The molecule has 0 radical (unpaired) electrons. The largest absolute Gasteiger partial charge is 0.396 e. The van der Waals surface area contributed by atoms with E-state index in [0.29, 0.717) is 12.8 Å². The Hall–Kier alpha value is -1.84. The molecule has 2 N–H and O–H groups in total. The Labute approximate surface area is 139 Å². The van der Waals surface area contributed by atoms with E-state index < -0.39 is 5.60 Å². The first kappa shape index (κ1) is 17.5. The van der Waals surface area contributed by atoms with Crippen LogP contribution in [0.4, 0.5) is 5.69 Å². The van der Waals surface area contributed by atoms with Gasteiger partial charge in [0.1, 0.15) is 0 Å². The SMILES string of the molecule is C[C@@H](N(Cc1ccccc1)c1ccccc1)[C@@](C)(O)CCCO. The summed E-state index contributed by atoms with van der Waals surface area (Å²) in [5.41, 5.74) is 1.43. The number of aliphatic hydroxyl groups is 2. The molecule has 2 rings (SSSR count). The van der Waals surface area contributed by atoms with Crippen molar-refractivity contribution in [1.29, 1.82) is 0 Å². The molecule has 0 heterocycles. The van der Waals surface area contributed by atoms with Crippen molar-refractivity contribution in [3.05, 3.63) is 66.2 Å². The minimum atomic E-state index is -0.868. The van der Waals surface area contributed by atoms with Crippen LogP contribution in [0.2, 0.25) is 0 Å². The van der Waals surface area contributed by atoms with Crippen molar-refractivity contribution in [1.82, 2.24) is 0 Å². The topological polar surface area (TPSA) is 43.7 Å². The molecule has 23 heavy (non-hydrogen) atoms. The van der Waals surface area contributed by atoms with E-state index in [9.17, 15) is 5.11 Å². The summed E-state index contributed by atoms with van der Waals surface area (Å²) in [7, 11) is 0. The maximum Gasteiger partial charge on any atom is 0.0820 e.